The lowest BCUT2D eigenvalue weighted by molar-refractivity contribution is -0.119. The van der Waals surface area contributed by atoms with Gasteiger partial charge in [0.1, 0.15) is 11.6 Å². The molecule has 1 aromatic rings. The maximum absolute atomic E-state index is 11.3. The smallest absolute Gasteiger partial charge is 0.235 e. The summed E-state index contributed by atoms with van der Waals surface area (Å²) >= 11 is 5.49. The summed E-state index contributed by atoms with van der Waals surface area (Å²) in [5.41, 5.74) is 2.05. The number of benzene rings is 1. The van der Waals surface area contributed by atoms with Gasteiger partial charge in [0.05, 0.1) is 12.6 Å². The SMILES string of the molecule is COc1cccc(/C=C2\CC2(C)NC(=O)CCl)c1. The second-order valence-electron chi connectivity index (χ2n) is 4.64. The molecular formula is C14H16ClNO2. The van der Waals surface area contributed by atoms with Gasteiger partial charge in [-0.2, -0.15) is 0 Å². The van der Waals surface area contributed by atoms with Gasteiger partial charge in [0.15, 0.2) is 0 Å². The molecule has 1 amide bonds. The minimum atomic E-state index is -0.227. The van der Waals surface area contributed by atoms with Crippen molar-refractivity contribution in [3.8, 4) is 5.75 Å². The molecule has 0 heterocycles. The third kappa shape index (κ3) is 2.85. The van der Waals surface area contributed by atoms with Gasteiger partial charge in [-0.05, 0) is 36.6 Å². The van der Waals surface area contributed by atoms with Crippen LogP contribution in [0.2, 0.25) is 0 Å². The minimum absolute atomic E-state index is 0.00201. The van der Waals surface area contributed by atoms with Crippen LogP contribution in [0.15, 0.2) is 29.8 Å². The first kappa shape index (κ1) is 13.0. The highest BCUT2D eigenvalue weighted by atomic mass is 35.5. The van der Waals surface area contributed by atoms with E-state index in [1.54, 1.807) is 7.11 Å². The van der Waals surface area contributed by atoms with Crippen LogP contribution in [0.5, 0.6) is 5.75 Å². The number of halogens is 1. The monoisotopic (exact) mass is 265 g/mol. The highest BCUT2D eigenvalue weighted by Gasteiger charge is 2.45. The first-order valence-corrected chi connectivity index (χ1v) is 6.33. The van der Waals surface area contributed by atoms with Crippen LogP contribution in [0.3, 0.4) is 0 Å². The number of methoxy groups -OCH3 is 1. The average Bonchev–Trinajstić information content (AvgIpc) is 2.99. The zero-order valence-electron chi connectivity index (χ0n) is 10.5. The maximum atomic E-state index is 11.3. The van der Waals surface area contributed by atoms with Crippen molar-refractivity contribution < 1.29 is 9.53 Å². The molecule has 1 N–H and O–H groups in total. The number of alkyl halides is 1. The fourth-order valence-electron chi connectivity index (χ4n) is 1.95. The van der Waals surface area contributed by atoms with E-state index in [-0.39, 0.29) is 17.3 Å². The number of amides is 1. The van der Waals surface area contributed by atoms with E-state index in [1.807, 2.05) is 31.2 Å². The van der Waals surface area contributed by atoms with Gasteiger partial charge in [-0.25, -0.2) is 0 Å². The molecule has 1 atom stereocenters. The van der Waals surface area contributed by atoms with Crippen LogP contribution in [0.4, 0.5) is 0 Å². The molecule has 0 aromatic heterocycles. The first-order valence-electron chi connectivity index (χ1n) is 5.79. The summed E-state index contributed by atoms with van der Waals surface area (Å²) in [6.45, 7) is 2.00. The number of hydrogen-bond acceptors (Lipinski definition) is 2. The number of carbonyl (C=O) groups excluding carboxylic acids is 1. The Balaban J connectivity index is 2.09. The largest absolute Gasteiger partial charge is 0.497 e. The van der Waals surface area contributed by atoms with Gasteiger partial charge < -0.3 is 10.1 Å². The number of hydrogen-bond donors (Lipinski definition) is 1. The van der Waals surface area contributed by atoms with E-state index in [9.17, 15) is 4.79 Å². The molecule has 1 fully saturated rings. The lowest BCUT2D eigenvalue weighted by Crippen LogP contribution is -2.35. The Bertz CT molecular complexity index is 498. The van der Waals surface area contributed by atoms with E-state index >= 15 is 0 Å². The normalized spacial score (nSPS) is 23.8. The number of carbonyl (C=O) groups is 1. The van der Waals surface area contributed by atoms with E-state index < -0.39 is 0 Å². The van der Waals surface area contributed by atoms with Crippen molar-refractivity contribution in [3.63, 3.8) is 0 Å². The lowest BCUT2D eigenvalue weighted by atomic mass is 10.1. The summed E-state index contributed by atoms with van der Waals surface area (Å²) in [6.07, 6.45) is 2.95. The molecule has 1 aliphatic carbocycles. The average molecular weight is 266 g/mol. The standard InChI is InChI=1S/C14H16ClNO2/c1-14(16-13(17)9-15)8-11(14)6-10-4-3-5-12(7-10)18-2/h3-7H,8-9H2,1-2H3,(H,16,17)/b11-6+. The molecule has 1 aromatic carbocycles. The molecule has 4 heteroatoms. The van der Waals surface area contributed by atoms with Crippen LogP contribution in [-0.2, 0) is 4.79 Å². The molecule has 1 aliphatic rings. The molecule has 3 nitrogen and oxygen atoms in total. The summed E-state index contributed by atoms with van der Waals surface area (Å²) < 4.78 is 5.17. The number of nitrogens with one attached hydrogen (secondary N) is 1. The molecule has 0 aliphatic heterocycles. The van der Waals surface area contributed by atoms with Crippen molar-refractivity contribution in [3.05, 3.63) is 35.4 Å². The van der Waals surface area contributed by atoms with Crippen LogP contribution < -0.4 is 10.1 Å². The molecule has 18 heavy (non-hydrogen) atoms. The zero-order chi connectivity index (χ0) is 13.2. The van der Waals surface area contributed by atoms with Crippen molar-refractivity contribution >= 4 is 23.6 Å². The molecule has 2 rings (SSSR count). The Morgan fingerprint density at radius 2 is 2.39 bits per heavy atom. The molecule has 1 saturated carbocycles. The van der Waals surface area contributed by atoms with Crippen LogP contribution in [0, 0.1) is 0 Å². The van der Waals surface area contributed by atoms with Crippen LogP contribution in [-0.4, -0.2) is 24.4 Å². The van der Waals surface area contributed by atoms with E-state index in [1.165, 1.54) is 5.57 Å². The Labute approximate surface area is 112 Å². The summed E-state index contributed by atoms with van der Waals surface area (Å²) in [6, 6.07) is 7.83. The Kier molecular flexibility index (Phi) is 3.62. The minimum Gasteiger partial charge on any atom is -0.497 e. The second-order valence-corrected chi connectivity index (χ2v) is 4.90. The van der Waals surface area contributed by atoms with Crippen molar-refractivity contribution in [1.82, 2.24) is 5.32 Å². The highest BCUT2D eigenvalue weighted by molar-refractivity contribution is 6.27. The van der Waals surface area contributed by atoms with Gasteiger partial charge in [-0.1, -0.05) is 18.2 Å². The molecular weight excluding hydrogens is 250 g/mol. The van der Waals surface area contributed by atoms with E-state index in [4.69, 9.17) is 16.3 Å². The van der Waals surface area contributed by atoms with Crippen molar-refractivity contribution in [2.75, 3.05) is 13.0 Å². The maximum Gasteiger partial charge on any atom is 0.235 e. The van der Waals surface area contributed by atoms with Gasteiger partial charge in [0, 0.05) is 0 Å². The highest BCUT2D eigenvalue weighted by Crippen LogP contribution is 2.43. The van der Waals surface area contributed by atoms with E-state index in [0.29, 0.717) is 0 Å². The quantitative estimate of drug-likeness (QED) is 0.850. The topological polar surface area (TPSA) is 38.3 Å². The first-order chi connectivity index (χ1) is 8.57. The summed E-state index contributed by atoms with van der Waals surface area (Å²) in [5.74, 6) is 0.701. The van der Waals surface area contributed by atoms with Crippen molar-refractivity contribution in [2.45, 2.75) is 18.9 Å². The van der Waals surface area contributed by atoms with Gasteiger partial charge in [0.2, 0.25) is 5.91 Å². The van der Waals surface area contributed by atoms with E-state index in [0.717, 1.165) is 17.7 Å². The molecule has 96 valence electrons. The predicted octanol–water partition coefficient (Wildman–Crippen LogP) is 2.60. The third-order valence-electron chi connectivity index (χ3n) is 3.10. The molecule has 0 bridgehead atoms. The van der Waals surface area contributed by atoms with Crippen molar-refractivity contribution in [2.24, 2.45) is 0 Å². The van der Waals surface area contributed by atoms with Gasteiger partial charge in [-0.15, -0.1) is 11.6 Å². The Morgan fingerprint density at radius 1 is 1.61 bits per heavy atom. The second kappa shape index (κ2) is 5.02. The summed E-state index contributed by atoms with van der Waals surface area (Å²) in [5, 5.41) is 2.91. The molecule has 0 saturated heterocycles. The molecule has 0 spiro atoms. The van der Waals surface area contributed by atoms with Crippen molar-refractivity contribution in [1.29, 1.82) is 0 Å². The van der Waals surface area contributed by atoms with Gasteiger partial charge >= 0.3 is 0 Å². The van der Waals surface area contributed by atoms with Crippen LogP contribution in [0.1, 0.15) is 18.9 Å². The van der Waals surface area contributed by atoms with Crippen LogP contribution >= 0.6 is 11.6 Å². The van der Waals surface area contributed by atoms with Crippen LogP contribution in [0.25, 0.3) is 6.08 Å². The van der Waals surface area contributed by atoms with Gasteiger partial charge in [0.25, 0.3) is 0 Å². The number of ether oxygens (including phenoxy) is 1. The van der Waals surface area contributed by atoms with Gasteiger partial charge in [-0.3, -0.25) is 4.79 Å². The lowest BCUT2D eigenvalue weighted by Gasteiger charge is -2.09. The fraction of sp³-hybridized carbons (Fsp3) is 0.357. The molecule has 1 unspecified atom stereocenters. The third-order valence-corrected chi connectivity index (χ3v) is 3.34. The summed E-state index contributed by atoms with van der Waals surface area (Å²) in [7, 11) is 1.65. The zero-order valence-corrected chi connectivity index (χ0v) is 11.3. The predicted molar refractivity (Wildman–Crippen MR) is 72.9 cm³/mol. The van der Waals surface area contributed by atoms with E-state index in [2.05, 4.69) is 11.4 Å². The Hall–Kier alpha value is -1.48. The Morgan fingerprint density at radius 3 is 3.06 bits per heavy atom. The number of rotatable bonds is 4. The summed E-state index contributed by atoms with van der Waals surface area (Å²) in [4.78, 5) is 11.3. The fourth-order valence-corrected chi connectivity index (χ4v) is 2.01. The molecule has 0 radical (unpaired) electrons.